The second-order valence-electron chi connectivity index (χ2n) is 4.46. The molecule has 0 bridgehead atoms. The number of primary amides is 1. The van der Waals surface area contributed by atoms with Gasteiger partial charge in [0.25, 0.3) is 0 Å². The number of nitrogens with zero attached hydrogens (tertiary/aromatic N) is 2. The van der Waals surface area contributed by atoms with Gasteiger partial charge in [-0.15, -0.1) is 0 Å². The van der Waals surface area contributed by atoms with Gasteiger partial charge < -0.3 is 5.73 Å². The van der Waals surface area contributed by atoms with Gasteiger partial charge in [0.1, 0.15) is 0 Å². The fourth-order valence-corrected chi connectivity index (χ4v) is 2.14. The van der Waals surface area contributed by atoms with Crippen LogP contribution in [0.15, 0.2) is 29.4 Å². The largest absolute Gasteiger partial charge is 0.350 e. The number of carbonyl (C=O) groups is 1. The third-order valence-electron chi connectivity index (χ3n) is 2.94. The van der Waals surface area contributed by atoms with Gasteiger partial charge in [-0.3, -0.25) is 4.90 Å². The van der Waals surface area contributed by atoms with Gasteiger partial charge in [-0.25, -0.2) is 10.2 Å². The van der Waals surface area contributed by atoms with Crippen molar-refractivity contribution in [2.75, 3.05) is 13.1 Å². The molecule has 0 unspecified atom stereocenters. The summed E-state index contributed by atoms with van der Waals surface area (Å²) in [5.74, 6) is 0. The number of hydrogen-bond acceptors (Lipinski definition) is 3. The Hall–Kier alpha value is -1.88. The molecule has 1 aliphatic heterocycles. The molecule has 0 aromatic heterocycles. The number of nitrogens with one attached hydrogen (secondary N) is 1. The summed E-state index contributed by atoms with van der Waals surface area (Å²) in [6, 6.07) is 7.47. The van der Waals surface area contributed by atoms with Gasteiger partial charge in [-0.05, 0) is 43.1 Å². The summed E-state index contributed by atoms with van der Waals surface area (Å²) in [6.07, 6.45) is 4.19. The minimum atomic E-state index is -0.653. The highest BCUT2D eigenvalue weighted by atomic mass is 16.2. The van der Waals surface area contributed by atoms with Gasteiger partial charge >= 0.3 is 6.03 Å². The molecule has 0 saturated carbocycles. The van der Waals surface area contributed by atoms with Crippen LogP contribution in [0, 0.1) is 0 Å². The average Bonchev–Trinajstić information content (AvgIpc) is 2.82. The monoisotopic (exact) mass is 246 g/mol. The number of hydrazone groups is 1. The molecule has 0 radical (unpaired) electrons. The molecule has 96 valence electrons. The molecule has 18 heavy (non-hydrogen) atoms. The van der Waals surface area contributed by atoms with E-state index in [1.807, 2.05) is 12.1 Å². The topological polar surface area (TPSA) is 70.7 Å². The first-order chi connectivity index (χ1) is 8.74. The van der Waals surface area contributed by atoms with Crippen LogP contribution in [0.2, 0.25) is 0 Å². The number of carbonyl (C=O) groups excluding carboxylic acids is 1. The van der Waals surface area contributed by atoms with Crippen molar-refractivity contribution in [1.29, 1.82) is 0 Å². The van der Waals surface area contributed by atoms with Crippen LogP contribution in [0.25, 0.3) is 0 Å². The van der Waals surface area contributed by atoms with Crippen LogP contribution < -0.4 is 11.2 Å². The zero-order chi connectivity index (χ0) is 12.8. The Morgan fingerprint density at radius 1 is 1.44 bits per heavy atom. The molecule has 1 aromatic carbocycles. The SMILES string of the molecule is NC(=O)NN=Cc1cccc(CN2CCCC2)c1. The van der Waals surface area contributed by atoms with E-state index in [4.69, 9.17) is 5.73 Å². The molecular weight excluding hydrogens is 228 g/mol. The lowest BCUT2D eigenvalue weighted by atomic mass is 10.1. The summed E-state index contributed by atoms with van der Waals surface area (Å²) in [4.78, 5) is 12.9. The molecule has 5 heteroatoms. The van der Waals surface area contributed by atoms with Crippen molar-refractivity contribution in [1.82, 2.24) is 10.3 Å². The van der Waals surface area contributed by atoms with Gasteiger partial charge in [-0.1, -0.05) is 18.2 Å². The van der Waals surface area contributed by atoms with Gasteiger partial charge in [0.2, 0.25) is 0 Å². The lowest BCUT2D eigenvalue weighted by molar-refractivity contribution is 0.249. The maximum absolute atomic E-state index is 10.5. The minimum Gasteiger partial charge on any atom is -0.350 e. The Morgan fingerprint density at radius 3 is 2.94 bits per heavy atom. The highest BCUT2D eigenvalue weighted by molar-refractivity contribution is 5.81. The number of amides is 2. The van der Waals surface area contributed by atoms with E-state index in [9.17, 15) is 4.79 Å². The van der Waals surface area contributed by atoms with Crippen LogP contribution in [0.3, 0.4) is 0 Å². The summed E-state index contributed by atoms with van der Waals surface area (Å²) in [6.45, 7) is 3.34. The molecule has 1 heterocycles. The molecule has 0 spiro atoms. The molecule has 1 aromatic rings. The Balaban J connectivity index is 1.95. The van der Waals surface area contributed by atoms with Crippen molar-refractivity contribution in [2.45, 2.75) is 19.4 Å². The van der Waals surface area contributed by atoms with Crippen molar-refractivity contribution in [3.8, 4) is 0 Å². The van der Waals surface area contributed by atoms with Crippen LogP contribution >= 0.6 is 0 Å². The Bertz CT molecular complexity index is 438. The van der Waals surface area contributed by atoms with Crippen LogP contribution in [0.4, 0.5) is 4.79 Å². The molecule has 1 fully saturated rings. The fraction of sp³-hybridized carbons (Fsp3) is 0.385. The average molecular weight is 246 g/mol. The highest BCUT2D eigenvalue weighted by Crippen LogP contribution is 2.13. The number of rotatable bonds is 4. The first kappa shape index (κ1) is 12.6. The van der Waals surface area contributed by atoms with Crippen LogP contribution in [0.1, 0.15) is 24.0 Å². The van der Waals surface area contributed by atoms with Crippen molar-refractivity contribution < 1.29 is 4.79 Å². The van der Waals surface area contributed by atoms with Crippen molar-refractivity contribution >= 4 is 12.2 Å². The van der Waals surface area contributed by atoms with Crippen molar-refractivity contribution in [3.63, 3.8) is 0 Å². The van der Waals surface area contributed by atoms with Gasteiger partial charge in [0, 0.05) is 6.54 Å². The molecule has 2 rings (SSSR count). The number of nitrogens with two attached hydrogens (primary N) is 1. The molecular formula is C13H18N4O. The van der Waals surface area contributed by atoms with E-state index in [-0.39, 0.29) is 0 Å². The van der Waals surface area contributed by atoms with Gasteiger partial charge in [-0.2, -0.15) is 5.10 Å². The van der Waals surface area contributed by atoms with E-state index in [2.05, 4.69) is 27.6 Å². The second-order valence-corrected chi connectivity index (χ2v) is 4.46. The highest BCUT2D eigenvalue weighted by Gasteiger charge is 2.11. The normalized spacial score (nSPS) is 16.2. The predicted octanol–water partition coefficient (Wildman–Crippen LogP) is 1.28. The number of hydrogen-bond donors (Lipinski definition) is 2. The molecule has 0 aliphatic carbocycles. The summed E-state index contributed by atoms with van der Waals surface area (Å²) < 4.78 is 0. The molecule has 3 N–H and O–H groups in total. The maximum Gasteiger partial charge on any atom is 0.332 e. The van der Waals surface area contributed by atoms with Crippen molar-refractivity contribution in [3.05, 3.63) is 35.4 Å². The quantitative estimate of drug-likeness (QED) is 0.620. The van der Waals surface area contributed by atoms with E-state index in [1.54, 1.807) is 6.21 Å². The smallest absolute Gasteiger partial charge is 0.332 e. The molecule has 1 saturated heterocycles. The third kappa shape index (κ3) is 3.85. The van der Waals surface area contributed by atoms with Gasteiger partial charge in [0.05, 0.1) is 6.21 Å². The summed E-state index contributed by atoms with van der Waals surface area (Å²) in [7, 11) is 0. The summed E-state index contributed by atoms with van der Waals surface area (Å²) in [5, 5.41) is 3.75. The number of likely N-dealkylation sites (tertiary alicyclic amines) is 1. The van der Waals surface area contributed by atoms with Crippen LogP contribution in [-0.2, 0) is 6.54 Å². The Labute approximate surface area is 107 Å². The van der Waals surface area contributed by atoms with Crippen LogP contribution in [0.5, 0.6) is 0 Å². The number of urea groups is 1. The third-order valence-corrected chi connectivity index (χ3v) is 2.94. The van der Waals surface area contributed by atoms with E-state index in [0.29, 0.717) is 0 Å². The molecule has 0 atom stereocenters. The number of benzene rings is 1. The standard InChI is InChI=1S/C13H18N4O/c14-13(18)16-15-9-11-4-3-5-12(8-11)10-17-6-1-2-7-17/h3-5,8-9H,1-2,6-7,10H2,(H3,14,16,18). The fourth-order valence-electron chi connectivity index (χ4n) is 2.14. The maximum atomic E-state index is 10.5. The first-order valence-corrected chi connectivity index (χ1v) is 6.14. The van der Waals surface area contributed by atoms with E-state index in [0.717, 1.165) is 12.1 Å². The summed E-state index contributed by atoms with van der Waals surface area (Å²) in [5.41, 5.74) is 9.33. The zero-order valence-corrected chi connectivity index (χ0v) is 10.3. The zero-order valence-electron chi connectivity index (χ0n) is 10.3. The van der Waals surface area contributed by atoms with E-state index < -0.39 is 6.03 Å². The minimum absolute atomic E-state index is 0.653. The van der Waals surface area contributed by atoms with Gasteiger partial charge in [0.15, 0.2) is 0 Å². The molecule has 5 nitrogen and oxygen atoms in total. The van der Waals surface area contributed by atoms with Crippen molar-refractivity contribution in [2.24, 2.45) is 10.8 Å². The first-order valence-electron chi connectivity index (χ1n) is 6.14. The Kier molecular flexibility index (Phi) is 4.30. The lowest BCUT2D eigenvalue weighted by Crippen LogP contribution is -2.24. The predicted molar refractivity (Wildman–Crippen MR) is 71.3 cm³/mol. The van der Waals surface area contributed by atoms with E-state index >= 15 is 0 Å². The van der Waals surface area contributed by atoms with E-state index in [1.165, 1.54) is 31.5 Å². The molecule has 1 aliphatic rings. The second kappa shape index (κ2) is 6.16. The lowest BCUT2D eigenvalue weighted by Gasteiger charge is -2.14. The van der Waals surface area contributed by atoms with Crippen LogP contribution in [-0.4, -0.2) is 30.2 Å². The Morgan fingerprint density at radius 2 is 2.22 bits per heavy atom. The summed E-state index contributed by atoms with van der Waals surface area (Å²) >= 11 is 0. The molecule has 2 amide bonds.